The van der Waals surface area contributed by atoms with E-state index in [-0.39, 0.29) is 0 Å². The summed E-state index contributed by atoms with van der Waals surface area (Å²) < 4.78 is 3.18. The summed E-state index contributed by atoms with van der Waals surface area (Å²) in [6.07, 6.45) is 1.11. The van der Waals surface area contributed by atoms with E-state index in [1.807, 2.05) is 18.2 Å². The third-order valence-corrected chi connectivity index (χ3v) is 3.40. The first kappa shape index (κ1) is 9.84. The second-order valence-electron chi connectivity index (χ2n) is 3.76. The average molecular weight is 279 g/mol. The van der Waals surface area contributed by atoms with Gasteiger partial charge in [-0.2, -0.15) is 0 Å². The minimum atomic E-state index is 0.872. The van der Waals surface area contributed by atoms with Crippen LogP contribution in [0.4, 0.5) is 5.95 Å². The number of anilines is 1. The van der Waals surface area contributed by atoms with Gasteiger partial charge in [-0.3, -0.25) is 4.57 Å². The van der Waals surface area contributed by atoms with Gasteiger partial charge in [0.1, 0.15) is 0 Å². The molecule has 0 saturated carbocycles. The molecule has 1 aliphatic heterocycles. The zero-order valence-corrected chi connectivity index (χ0v) is 10.2. The molecule has 0 radical (unpaired) electrons. The molecule has 0 saturated heterocycles. The van der Waals surface area contributed by atoms with Crippen molar-refractivity contribution in [3.05, 3.63) is 28.7 Å². The molecular formula is C11H11BrN4. The summed E-state index contributed by atoms with van der Waals surface area (Å²) in [7, 11) is 0. The highest BCUT2D eigenvalue weighted by Gasteiger charge is 2.17. The Hall–Kier alpha value is -1.36. The van der Waals surface area contributed by atoms with Gasteiger partial charge in [-0.25, -0.2) is 0 Å². The van der Waals surface area contributed by atoms with E-state index in [1.165, 1.54) is 0 Å². The number of nitrogens with one attached hydrogen (secondary N) is 1. The van der Waals surface area contributed by atoms with Gasteiger partial charge >= 0.3 is 0 Å². The first-order valence-corrected chi connectivity index (χ1v) is 6.07. The van der Waals surface area contributed by atoms with E-state index in [4.69, 9.17) is 0 Å². The molecule has 16 heavy (non-hydrogen) atoms. The van der Waals surface area contributed by atoms with E-state index >= 15 is 0 Å². The SMILES string of the molecule is Brc1ccccc1-c1nnc2n1CCCN2. The van der Waals surface area contributed by atoms with Gasteiger partial charge in [0.2, 0.25) is 5.95 Å². The van der Waals surface area contributed by atoms with Crippen LogP contribution in [0.2, 0.25) is 0 Å². The molecule has 2 aromatic rings. The summed E-state index contributed by atoms with van der Waals surface area (Å²) in [6.45, 7) is 1.96. The van der Waals surface area contributed by atoms with Crippen LogP contribution in [0.15, 0.2) is 28.7 Å². The first-order chi connectivity index (χ1) is 7.86. The van der Waals surface area contributed by atoms with Crippen molar-refractivity contribution in [1.29, 1.82) is 0 Å². The summed E-state index contributed by atoms with van der Waals surface area (Å²) in [5.74, 6) is 1.80. The van der Waals surface area contributed by atoms with Crippen molar-refractivity contribution in [2.75, 3.05) is 11.9 Å². The fourth-order valence-electron chi connectivity index (χ4n) is 1.92. The fourth-order valence-corrected chi connectivity index (χ4v) is 2.39. The smallest absolute Gasteiger partial charge is 0.224 e. The molecule has 0 amide bonds. The second kappa shape index (κ2) is 3.90. The summed E-state index contributed by atoms with van der Waals surface area (Å²) in [5, 5.41) is 11.7. The predicted molar refractivity (Wildman–Crippen MR) is 66.3 cm³/mol. The van der Waals surface area contributed by atoms with Crippen molar-refractivity contribution >= 4 is 21.9 Å². The van der Waals surface area contributed by atoms with Crippen molar-refractivity contribution < 1.29 is 0 Å². The molecule has 0 bridgehead atoms. The lowest BCUT2D eigenvalue weighted by Gasteiger charge is -2.16. The predicted octanol–water partition coefficient (Wildman–Crippen LogP) is 2.52. The van der Waals surface area contributed by atoms with Crippen molar-refractivity contribution in [2.24, 2.45) is 0 Å². The average Bonchev–Trinajstić information content (AvgIpc) is 2.74. The minimum absolute atomic E-state index is 0.872. The van der Waals surface area contributed by atoms with E-state index in [9.17, 15) is 0 Å². The Morgan fingerprint density at radius 2 is 2.12 bits per heavy atom. The van der Waals surface area contributed by atoms with Crippen LogP contribution in [-0.4, -0.2) is 21.3 Å². The Morgan fingerprint density at radius 1 is 1.25 bits per heavy atom. The van der Waals surface area contributed by atoms with E-state index in [1.54, 1.807) is 0 Å². The lowest BCUT2D eigenvalue weighted by atomic mass is 10.2. The molecule has 0 aliphatic carbocycles. The van der Waals surface area contributed by atoms with Gasteiger partial charge < -0.3 is 5.32 Å². The number of nitrogens with zero attached hydrogens (tertiary/aromatic N) is 3. The summed E-state index contributed by atoms with van der Waals surface area (Å²) in [5.41, 5.74) is 1.09. The summed E-state index contributed by atoms with van der Waals surface area (Å²) >= 11 is 3.54. The van der Waals surface area contributed by atoms with E-state index in [2.05, 4.69) is 42.1 Å². The normalized spacial score (nSPS) is 14.3. The standard InChI is InChI=1S/C11H11BrN4/c12-9-5-2-1-4-8(9)10-14-15-11-13-6-3-7-16(10)11/h1-2,4-5H,3,6-7H2,(H,13,15). The first-order valence-electron chi connectivity index (χ1n) is 5.28. The van der Waals surface area contributed by atoms with Gasteiger partial charge in [-0.1, -0.05) is 34.1 Å². The highest BCUT2D eigenvalue weighted by atomic mass is 79.9. The molecule has 1 aliphatic rings. The molecule has 4 nitrogen and oxygen atoms in total. The lowest BCUT2D eigenvalue weighted by molar-refractivity contribution is 0.631. The maximum Gasteiger partial charge on any atom is 0.224 e. The number of rotatable bonds is 1. The molecule has 0 atom stereocenters. The number of benzene rings is 1. The molecule has 82 valence electrons. The molecule has 0 unspecified atom stereocenters. The minimum Gasteiger partial charge on any atom is -0.354 e. The topological polar surface area (TPSA) is 42.7 Å². The van der Waals surface area contributed by atoms with Gasteiger partial charge in [0.05, 0.1) is 0 Å². The fraction of sp³-hybridized carbons (Fsp3) is 0.273. The number of hydrogen-bond acceptors (Lipinski definition) is 3. The van der Waals surface area contributed by atoms with Crippen molar-refractivity contribution in [1.82, 2.24) is 14.8 Å². The number of fused-ring (bicyclic) bond motifs is 1. The quantitative estimate of drug-likeness (QED) is 0.872. The molecule has 1 aromatic carbocycles. The second-order valence-corrected chi connectivity index (χ2v) is 4.61. The Kier molecular flexibility index (Phi) is 2.40. The Labute approximate surface area is 102 Å². The molecule has 0 spiro atoms. The summed E-state index contributed by atoms with van der Waals surface area (Å²) in [6, 6.07) is 8.08. The molecule has 2 heterocycles. The third-order valence-electron chi connectivity index (χ3n) is 2.71. The van der Waals surface area contributed by atoms with Gasteiger partial charge in [-0.15, -0.1) is 10.2 Å². The van der Waals surface area contributed by atoms with Gasteiger partial charge in [-0.05, 0) is 12.5 Å². The monoisotopic (exact) mass is 278 g/mol. The van der Waals surface area contributed by atoms with E-state index < -0.39 is 0 Å². The summed E-state index contributed by atoms with van der Waals surface area (Å²) in [4.78, 5) is 0. The van der Waals surface area contributed by atoms with Crippen molar-refractivity contribution in [2.45, 2.75) is 13.0 Å². The third kappa shape index (κ3) is 1.51. The highest BCUT2D eigenvalue weighted by Crippen LogP contribution is 2.29. The molecule has 0 fully saturated rings. The van der Waals surface area contributed by atoms with Gasteiger partial charge in [0, 0.05) is 23.1 Å². The van der Waals surface area contributed by atoms with Crippen LogP contribution in [-0.2, 0) is 6.54 Å². The van der Waals surface area contributed by atoms with Crippen molar-refractivity contribution in [3.63, 3.8) is 0 Å². The number of hydrogen-bond donors (Lipinski definition) is 1. The van der Waals surface area contributed by atoms with Crippen LogP contribution >= 0.6 is 15.9 Å². The van der Waals surface area contributed by atoms with Crippen LogP contribution in [0, 0.1) is 0 Å². The molecule has 3 rings (SSSR count). The van der Waals surface area contributed by atoms with Gasteiger partial charge in [0.25, 0.3) is 0 Å². The van der Waals surface area contributed by atoms with Crippen LogP contribution < -0.4 is 5.32 Å². The molecule has 1 aromatic heterocycles. The molecule has 1 N–H and O–H groups in total. The largest absolute Gasteiger partial charge is 0.354 e. The number of halogens is 1. The van der Waals surface area contributed by atoms with E-state index in [0.29, 0.717) is 0 Å². The maximum absolute atomic E-state index is 4.25. The van der Waals surface area contributed by atoms with Crippen LogP contribution in [0.1, 0.15) is 6.42 Å². The van der Waals surface area contributed by atoms with Crippen LogP contribution in [0.25, 0.3) is 11.4 Å². The van der Waals surface area contributed by atoms with Crippen LogP contribution in [0.3, 0.4) is 0 Å². The Balaban J connectivity index is 2.13. The lowest BCUT2D eigenvalue weighted by Crippen LogP contribution is -2.17. The number of aromatic nitrogens is 3. The van der Waals surface area contributed by atoms with Gasteiger partial charge in [0.15, 0.2) is 5.82 Å². The highest BCUT2D eigenvalue weighted by molar-refractivity contribution is 9.10. The van der Waals surface area contributed by atoms with Crippen LogP contribution in [0.5, 0.6) is 0 Å². The molecular weight excluding hydrogens is 268 g/mol. The zero-order chi connectivity index (χ0) is 11.0. The molecule has 5 heteroatoms. The zero-order valence-electron chi connectivity index (χ0n) is 8.65. The maximum atomic E-state index is 4.25. The van der Waals surface area contributed by atoms with E-state index in [0.717, 1.165) is 41.3 Å². The Morgan fingerprint density at radius 3 is 3.00 bits per heavy atom. The Bertz CT molecular complexity index is 520. The van der Waals surface area contributed by atoms with Crippen molar-refractivity contribution in [3.8, 4) is 11.4 Å².